The van der Waals surface area contributed by atoms with Gasteiger partial charge in [0, 0.05) is 21.2 Å². The Morgan fingerprint density at radius 1 is 1.19 bits per heavy atom. The predicted molar refractivity (Wildman–Crippen MR) is 123 cm³/mol. The molecule has 2 unspecified atom stereocenters. The van der Waals surface area contributed by atoms with Crippen molar-refractivity contribution in [2.75, 3.05) is 11.5 Å². The molecule has 32 heavy (non-hydrogen) atoms. The standard InChI is InChI=1S/C22H19ClN2O5S2/c23-15-6-8-16(9-7-15)31-11-14-12-32(30)21-18(20(27)25(21)19(14)22(28)29)24-17(26)10-13-4-2-1-3-5-13/h1-9,18,21H,10-12H2,(H,24,26)(H,28,29)/t18?,21-,32?/m0/s1. The van der Waals surface area contributed by atoms with Crippen LogP contribution in [0.1, 0.15) is 5.56 Å². The minimum atomic E-state index is -1.54. The largest absolute Gasteiger partial charge is 0.614 e. The molecule has 7 nitrogen and oxygen atoms in total. The lowest BCUT2D eigenvalue weighted by molar-refractivity contribution is -0.151. The van der Waals surface area contributed by atoms with Crippen molar-refractivity contribution in [2.24, 2.45) is 0 Å². The first-order valence-electron chi connectivity index (χ1n) is 9.72. The third-order valence-electron chi connectivity index (χ3n) is 5.16. The molecule has 0 saturated carbocycles. The minimum Gasteiger partial charge on any atom is -0.614 e. The summed E-state index contributed by atoms with van der Waals surface area (Å²) in [5.74, 6) is -1.88. The van der Waals surface area contributed by atoms with Crippen molar-refractivity contribution in [1.82, 2.24) is 10.2 Å². The van der Waals surface area contributed by atoms with Crippen LogP contribution in [0, 0.1) is 0 Å². The monoisotopic (exact) mass is 490 g/mol. The van der Waals surface area contributed by atoms with E-state index in [0.29, 0.717) is 10.6 Å². The van der Waals surface area contributed by atoms with Gasteiger partial charge in [-0.2, -0.15) is 0 Å². The Bertz CT molecular complexity index is 1080. The highest BCUT2D eigenvalue weighted by Crippen LogP contribution is 2.38. The van der Waals surface area contributed by atoms with Gasteiger partial charge in [-0.05, 0) is 41.0 Å². The molecule has 2 aromatic rings. The summed E-state index contributed by atoms with van der Waals surface area (Å²) in [6.07, 6.45) is 0.0780. The second-order valence-corrected chi connectivity index (χ2v) is 10.3. The van der Waals surface area contributed by atoms with Gasteiger partial charge in [-0.1, -0.05) is 41.9 Å². The Labute approximate surface area is 197 Å². The normalized spacial score (nSPS) is 22.2. The Balaban J connectivity index is 1.47. The van der Waals surface area contributed by atoms with Crippen molar-refractivity contribution in [1.29, 1.82) is 0 Å². The molecule has 2 aliphatic heterocycles. The van der Waals surface area contributed by atoms with E-state index in [-0.39, 0.29) is 29.5 Å². The average molecular weight is 491 g/mol. The first kappa shape index (κ1) is 22.7. The second kappa shape index (κ2) is 9.58. The molecule has 4 rings (SSSR count). The first-order valence-corrected chi connectivity index (χ1v) is 12.5. The highest BCUT2D eigenvalue weighted by Gasteiger charge is 2.60. The molecule has 10 heteroatoms. The Kier molecular flexibility index (Phi) is 6.80. The van der Waals surface area contributed by atoms with Gasteiger partial charge in [0.2, 0.25) is 11.3 Å². The first-order chi connectivity index (χ1) is 15.3. The summed E-state index contributed by atoms with van der Waals surface area (Å²) in [7, 11) is 0. The molecule has 3 atom stereocenters. The Hall–Kier alpha value is -2.46. The van der Waals surface area contributed by atoms with E-state index in [1.807, 2.05) is 30.3 Å². The number of carboxylic acid groups (broad SMARTS) is 1. The third kappa shape index (κ3) is 4.66. The molecule has 0 aliphatic carbocycles. The lowest BCUT2D eigenvalue weighted by Crippen LogP contribution is -2.74. The summed E-state index contributed by atoms with van der Waals surface area (Å²) in [4.78, 5) is 39.0. The number of thioether (sulfide) groups is 1. The second-order valence-electron chi connectivity index (χ2n) is 7.33. The highest BCUT2D eigenvalue weighted by molar-refractivity contribution is 7.99. The van der Waals surface area contributed by atoms with Crippen molar-refractivity contribution in [2.45, 2.75) is 22.7 Å². The number of carbonyl (C=O) groups is 3. The zero-order chi connectivity index (χ0) is 22.8. The lowest BCUT2D eigenvalue weighted by Gasteiger charge is -2.49. The van der Waals surface area contributed by atoms with E-state index in [2.05, 4.69) is 5.32 Å². The van der Waals surface area contributed by atoms with E-state index in [0.717, 1.165) is 15.4 Å². The molecule has 0 aromatic heterocycles. The molecular formula is C22H19ClN2O5S2. The van der Waals surface area contributed by atoms with Gasteiger partial charge < -0.3 is 15.0 Å². The summed E-state index contributed by atoms with van der Waals surface area (Å²) >= 11 is 5.73. The van der Waals surface area contributed by atoms with Gasteiger partial charge >= 0.3 is 5.97 Å². The van der Waals surface area contributed by atoms with Crippen LogP contribution in [0.4, 0.5) is 0 Å². The fourth-order valence-electron chi connectivity index (χ4n) is 3.67. The van der Waals surface area contributed by atoms with Crippen LogP contribution in [0.5, 0.6) is 0 Å². The molecule has 0 radical (unpaired) electrons. The number of aliphatic carboxylic acids is 1. The molecule has 2 amide bonds. The number of hydrogen-bond acceptors (Lipinski definition) is 5. The third-order valence-corrected chi connectivity index (χ3v) is 8.16. The lowest BCUT2D eigenvalue weighted by atomic mass is 10.0. The maximum absolute atomic E-state index is 12.9. The van der Waals surface area contributed by atoms with Crippen LogP contribution in [0.3, 0.4) is 0 Å². The number of fused-ring (bicyclic) bond motifs is 1. The van der Waals surface area contributed by atoms with Crippen molar-refractivity contribution in [3.63, 3.8) is 0 Å². The molecule has 2 aromatic carbocycles. The fraction of sp³-hybridized carbons (Fsp3) is 0.227. The molecule has 0 bridgehead atoms. The van der Waals surface area contributed by atoms with Crippen LogP contribution in [0.15, 0.2) is 70.8 Å². The van der Waals surface area contributed by atoms with Gasteiger partial charge in [0.15, 0.2) is 6.04 Å². The number of β-lactam (4-membered cyclic amide) rings is 1. The highest BCUT2D eigenvalue weighted by atomic mass is 35.5. The van der Waals surface area contributed by atoms with Crippen molar-refractivity contribution < 1.29 is 24.0 Å². The predicted octanol–water partition coefficient (Wildman–Crippen LogP) is 2.43. The summed E-state index contributed by atoms with van der Waals surface area (Å²) in [6.45, 7) is 0. The zero-order valence-electron chi connectivity index (χ0n) is 16.7. The van der Waals surface area contributed by atoms with Gasteiger partial charge in [0.1, 0.15) is 11.4 Å². The number of carbonyl (C=O) groups excluding carboxylic acids is 2. The minimum absolute atomic E-state index is 0.0295. The number of hydrogen-bond donors (Lipinski definition) is 2. The van der Waals surface area contributed by atoms with Gasteiger partial charge in [-0.15, -0.1) is 11.8 Å². The average Bonchev–Trinajstić information content (AvgIpc) is 2.77. The molecule has 2 heterocycles. The van der Waals surface area contributed by atoms with Crippen LogP contribution >= 0.6 is 23.4 Å². The van der Waals surface area contributed by atoms with E-state index < -0.39 is 34.5 Å². The van der Waals surface area contributed by atoms with Crippen molar-refractivity contribution in [3.8, 4) is 0 Å². The summed E-state index contributed by atoms with van der Waals surface area (Å²) < 4.78 is 12.9. The number of halogens is 1. The van der Waals surface area contributed by atoms with E-state index in [9.17, 15) is 24.0 Å². The smallest absolute Gasteiger partial charge is 0.352 e. The van der Waals surface area contributed by atoms with Gasteiger partial charge in [0.25, 0.3) is 5.91 Å². The van der Waals surface area contributed by atoms with Gasteiger partial charge in [-0.3, -0.25) is 14.5 Å². The van der Waals surface area contributed by atoms with Crippen LogP contribution < -0.4 is 5.32 Å². The molecule has 0 spiro atoms. The fourth-order valence-corrected chi connectivity index (χ4v) is 6.52. The van der Waals surface area contributed by atoms with Crippen LogP contribution in [-0.2, 0) is 32.0 Å². The molecule has 166 valence electrons. The van der Waals surface area contributed by atoms with Gasteiger partial charge in [0.05, 0.1) is 6.42 Å². The Morgan fingerprint density at radius 2 is 1.88 bits per heavy atom. The van der Waals surface area contributed by atoms with Crippen LogP contribution in [0.25, 0.3) is 0 Å². The zero-order valence-corrected chi connectivity index (χ0v) is 19.1. The van der Waals surface area contributed by atoms with E-state index in [1.165, 1.54) is 11.8 Å². The number of nitrogens with zero attached hydrogens (tertiary/aromatic N) is 1. The van der Waals surface area contributed by atoms with Gasteiger partial charge in [-0.25, -0.2) is 4.79 Å². The molecule has 2 N–H and O–H groups in total. The number of amides is 2. The van der Waals surface area contributed by atoms with E-state index in [4.69, 9.17) is 11.6 Å². The molecule has 1 fully saturated rings. The molecule has 1 saturated heterocycles. The number of nitrogens with one attached hydrogen (secondary N) is 1. The maximum Gasteiger partial charge on any atom is 0.352 e. The van der Waals surface area contributed by atoms with Crippen molar-refractivity contribution in [3.05, 3.63) is 76.5 Å². The number of carboxylic acids is 1. The van der Waals surface area contributed by atoms with E-state index in [1.54, 1.807) is 24.3 Å². The molecule has 2 aliphatic rings. The van der Waals surface area contributed by atoms with Crippen LogP contribution in [-0.4, -0.2) is 55.3 Å². The number of rotatable bonds is 7. The quantitative estimate of drug-likeness (QED) is 0.350. The topological polar surface area (TPSA) is 110 Å². The van der Waals surface area contributed by atoms with Crippen molar-refractivity contribution >= 4 is 52.3 Å². The SMILES string of the molecule is O=C(Cc1ccccc1)NC1C(=O)N2C(C(=O)O)=C(CSc3ccc(Cl)cc3)C[S+]([O-])[C@@H]12. The number of benzene rings is 2. The summed E-state index contributed by atoms with van der Waals surface area (Å²) in [6, 6.07) is 15.1. The van der Waals surface area contributed by atoms with Crippen LogP contribution in [0.2, 0.25) is 5.02 Å². The summed E-state index contributed by atoms with van der Waals surface area (Å²) in [5, 5.41) is 12.1. The molecular weight excluding hydrogens is 472 g/mol. The summed E-state index contributed by atoms with van der Waals surface area (Å²) in [5.41, 5.74) is 1.06. The maximum atomic E-state index is 12.9. The Morgan fingerprint density at radius 3 is 2.53 bits per heavy atom. The van der Waals surface area contributed by atoms with E-state index >= 15 is 0 Å².